The van der Waals surface area contributed by atoms with Crippen molar-refractivity contribution in [2.75, 3.05) is 40.4 Å². The van der Waals surface area contributed by atoms with E-state index in [0.29, 0.717) is 41.1 Å². The molecule has 1 unspecified atom stereocenters. The SMILES string of the molecule is CCN(CC)CCN1C(=O)c2oc3ccc(Br)cc3c(=O)c2C1c1ccc(OC)c(OC)c1. The lowest BCUT2D eigenvalue weighted by molar-refractivity contribution is 0.0708. The number of methoxy groups -OCH3 is 2. The highest BCUT2D eigenvalue weighted by Crippen LogP contribution is 2.41. The Bertz CT molecular complexity index is 1250. The first-order chi connectivity index (χ1) is 15.9. The van der Waals surface area contributed by atoms with Crippen LogP contribution >= 0.6 is 15.9 Å². The largest absolute Gasteiger partial charge is 0.493 e. The van der Waals surface area contributed by atoms with Gasteiger partial charge in [0, 0.05) is 17.6 Å². The predicted octanol–water partition coefficient (Wildman–Crippen LogP) is 4.46. The summed E-state index contributed by atoms with van der Waals surface area (Å²) in [5.41, 5.74) is 1.32. The van der Waals surface area contributed by atoms with Gasteiger partial charge in [-0.2, -0.15) is 0 Å². The lowest BCUT2D eigenvalue weighted by atomic mass is 9.98. The molecule has 0 bridgehead atoms. The third-order valence-electron chi connectivity index (χ3n) is 6.20. The fourth-order valence-electron chi connectivity index (χ4n) is 4.38. The van der Waals surface area contributed by atoms with E-state index in [9.17, 15) is 9.59 Å². The molecule has 0 saturated carbocycles. The molecule has 0 fully saturated rings. The topological polar surface area (TPSA) is 72.2 Å². The molecule has 3 aromatic rings. The second kappa shape index (κ2) is 9.57. The molecular formula is C25H27BrN2O5. The van der Waals surface area contributed by atoms with Crippen molar-refractivity contribution in [1.29, 1.82) is 0 Å². The van der Waals surface area contributed by atoms with Gasteiger partial charge in [-0.05, 0) is 49.0 Å². The van der Waals surface area contributed by atoms with Crippen LogP contribution in [0.3, 0.4) is 0 Å². The fourth-order valence-corrected chi connectivity index (χ4v) is 4.74. The maximum absolute atomic E-state index is 13.6. The average Bonchev–Trinajstić information content (AvgIpc) is 3.11. The molecular weight excluding hydrogens is 488 g/mol. The molecule has 0 saturated heterocycles. The molecule has 1 atom stereocenters. The predicted molar refractivity (Wildman–Crippen MR) is 130 cm³/mol. The van der Waals surface area contributed by atoms with Crippen LogP contribution in [0.1, 0.15) is 41.6 Å². The molecule has 1 amide bonds. The van der Waals surface area contributed by atoms with E-state index >= 15 is 0 Å². The van der Waals surface area contributed by atoms with Gasteiger partial charge in [-0.1, -0.05) is 35.8 Å². The first-order valence-electron chi connectivity index (χ1n) is 10.9. The van der Waals surface area contributed by atoms with Gasteiger partial charge < -0.3 is 23.7 Å². The van der Waals surface area contributed by atoms with E-state index in [1.807, 2.05) is 12.1 Å². The molecule has 2 heterocycles. The summed E-state index contributed by atoms with van der Waals surface area (Å²) in [7, 11) is 3.13. The van der Waals surface area contributed by atoms with Crippen LogP contribution in [0.4, 0.5) is 0 Å². The normalized spacial score (nSPS) is 15.4. The Morgan fingerprint density at radius 2 is 1.76 bits per heavy atom. The number of rotatable bonds is 8. The van der Waals surface area contributed by atoms with E-state index in [1.54, 1.807) is 43.4 Å². The van der Waals surface area contributed by atoms with Gasteiger partial charge in [0.15, 0.2) is 16.9 Å². The summed E-state index contributed by atoms with van der Waals surface area (Å²) < 4.78 is 17.7. The van der Waals surface area contributed by atoms with E-state index < -0.39 is 6.04 Å². The van der Waals surface area contributed by atoms with Gasteiger partial charge in [0.05, 0.1) is 31.2 Å². The van der Waals surface area contributed by atoms with Crippen LogP contribution in [0, 0.1) is 0 Å². The molecule has 8 heteroatoms. The van der Waals surface area contributed by atoms with Crippen molar-refractivity contribution in [3.8, 4) is 11.5 Å². The molecule has 4 rings (SSSR count). The van der Waals surface area contributed by atoms with Crippen molar-refractivity contribution in [2.45, 2.75) is 19.9 Å². The molecule has 0 aliphatic carbocycles. The molecule has 0 radical (unpaired) electrons. The van der Waals surface area contributed by atoms with Crippen LogP contribution in [0.25, 0.3) is 11.0 Å². The summed E-state index contributed by atoms with van der Waals surface area (Å²) in [5, 5.41) is 0.437. The Balaban J connectivity index is 1.90. The number of likely N-dealkylation sites (N-methyl/N-ethyl adjacent to an activating group) is 1. The number of benzene rings is 2. The molecule has 1 aromatic heterocycles. The number of carbonyl (C=O) groups excluding carboxylic acids is 1. The van der Waals surface area contributed by atoms with Gasteiger partial charge in [0.25, 0.3) is 5.91 Å². The van der Waals surface area contributed by atoms with E-state index in [0.717, 1.165) is 23.1 Å². The van der Waals surface area contributed by atoms with Gasteiger partial charge in [0.1, 0.15) is 5.58 Å². The summed E-state index contributed by atoms with van der Waals surface area (Å²) in [6.07, 6.45) is 0. The Morgan fingerprint density at radius 3 is 2.42 bits per heavy atom. The van der Waals surface area contributed by atoms with E-state index in [4.69, 9.17) is 13.9 Å². The van der Waals surface area contributed by atoms with Crippen LogP contribution < -0.4 is 14.9 Å². The molecule has 174 valence electrons. The van der Waals surface area contributed by atoms with Gasteiger partial charge in [0.2, 0.25) is 5.76 Å². The quantitative estimate of drug-likeness (QED) is 0.441. The molecule has 0 N–H and O–H groups in total. The second-order valence-electron chi connectivity index (χ2n) is 7.86. The summed E-state index contributed by atoms with van der Waals surface area (Å²) in [6.45, 7) is 7.08. The standard InChI is InChI=1S/C25H27BrN2O5/c1-5-27(6-2)11-12-28-22(15-7-9-19(31-3)20(13-15)32-4)21-23(29)17-14-16(26)8-10-18(17)33-24(21)25(28)30/h7-10,13-14,22H,5-6,11-12H2,1-4H3. The zero-order valence-electron chi connectivity index (χ0n) is 19.2. The van der Waals surface area contributed by atoms with Crippen molar-refractivity contribution < 1.29 is 18.7 Å². The zero-order chi connectivity index (χ0) is 23.7. The van der Waals surface area contributed by atoms with Gasteiger partial charge >= 0.3 is 0 Å². The van der Waals surface area contributed by atoms with Crippen molar-refractivity contribution in [3.05, 3.63) is 68.0 Å². The Labute approximate surface area is 201 Å². The maximum Gasteiger partial charge on any atom is 0.290 e. The van der Waals surface area contributed by atoms with Gasteiger partial charge in [-0.25, -0.2) is 0 Å². The number of amides is 1. The second-order valence-corrected chi connectivity index (χ2v) is 8.77. The highest BCUT2D eigenvalue weighted by Gasteiger charge is 2.42. The van der Waals surface area contributed by atoms with Crippen LogP contribution in [0.5, 0.6) is 11.5 Å². The summed E-state index contributed by atoms with van der Waals surface area (Å²) in [4.78, 5) is 31.1. The summed E-state index contributed by atoms with van der Waals surface area (Å²) >= 11 is 3.43. The minimum absolute atomic E-state index is 0.106. The Hall–Kier alpha value is -2.84. The van der Waals surface area contributed by atoms with E-state index in [2.05, 4.69) is 34.7 Å². The lowest BCUT2D eigenvalue weighted by Crippen LogP contribution is -2.37. The first-order valence-corrected chi connectivity index (χ1v) is 11.7. The van der Waals surface area contributed by atoms with E-state index in [-0.39, 0.29) is 17.1 Å². The number of ether oxygens (including phenoxy) is 2. The molecule has 0 spiro atoms. The Morgan fingerprint density at radius 1 is 1.03 bits per heavy atom. The molecule has 2 aromatic carbocycles. The number of fused-ring (bicyclic) bond motifs is 2. The van der Waals surface area contributed by atoms with Crippen molar-refractivity contribution >= 4 is 32.8 Å². The van der Waals surface area contributed by atoms with Crippen molar-refractivity contribution in [1.82, 2.24) is 9.80 Å². The van der Waals surface area contributed by atoms with Crippen LogP contribution in [-0.4, -0.2) is 56.1 Å². The molecule has 7 nitrogen and oxygen atoms in total. The molecule has 1 aliphatic rings. The smallest absolute Gasteiger partial charge is 0.290 e. The monoisotopic (exact) mass is 514 g/mol. The number of hydrogen-bond donors (Lipinski definition) is 0. The number of halogens is 1. The third-order valence-corrected chi connectivity index (χ3v) is 6.70. The van der Waals surface area contributed by atoms with E-state index in [1.165, 1.54) is 0 Å². The fraction of sp³-hybridized carbons (Fsp3) is 0.360. The number of carbonyl (C=O) groups is 1. The highest BCUT2D eigenvalue weighted by atomic mass is 79.9. The van der Waals surface area contributed by atoms with Crippen LogP contribution in [-0.2, 0) is 0 Å². The van der Waals surface area contributed by atoms with Crippen LogP contribution in [0.2, 0.25) is 0 Å². The minimum atomic E-state index is -0.581. The lowest BCUT2D eigenvalue weighted by Gasteiger charge is -2.28. The van der Waals surface area contributed by atoms with Gasteiger partial charge in [-0.3, -0.25) is 9.59 Å². The maximum atomic E-state index is 13.6. The van der Waals surface area contributed by atoms with Crippen molar-refractivity contribution in [2.24, 2.45) is 0 Å². The first kappa shape index (κ1) is 23.3. The number of hydrogen-bond acceptors (Lipinski definition) is 6. The zero-order valence-corrected chi connectivity index (χ0v) is 20.8. The highest BCUT2D eigenvalue weighted by molar-refractivity contribution is 9.10. The van der Waals surface area contributed by atoms with Gasteiger partial charge in [-0.15, -0.1) is 0 Å². The summed E-state index contributed by atoms with van der Waals surface area (Å²) in [5.74, 6) is 0.940. The average molecular weight is 515 g/mol. The number of nitrogens with zero attached hydrogens (tertiary/aromatic N) is 2. The summed E-state index contributed by atoms with van der Waals surface area (Å²) in [6, 6.07) is 10.1. The molecule has 1 aliphatic heterocycles. The molecule has 33 heavy (non-hydrogen) atoms. The van der Waals surface area contributed by atoms with Crippen molar-refractivity contribution in [3.63, 3.8) is 0 Å². The van der Waals surface area contributed by atoms with Crippen LogP contribution in [0.15, 0.2) is 50.1 Å². The third kappa shape index (κ3) is 4.13. The Kier molecular flexibility index (Phi) is 6.76. The minimum Gasteiger partial charge on any atom is -0.493 e.